The Bertz CT molecular complexity index is 1090. The Labute approximate surface area is 167 Å². The number of aryl methyl sites for hydroxylation is 1. The highest BCUT2D eigenvalue weighted by atomic mass is 19.1. The van der Waals surface area contributed by atoms with Crippen LogP contribution in [0.15, 0.2) is 71.7 Å². The van der Waals surface area contributed by atoms with Gasteiger partial charge in [0.15, 0.2) is 0 Å². The van der Waals surface area contributed by atoms with Gasteiger partial charge >= 0.3 is 0 Å². The molecule has 3 aromatic rings. The van der Waals surface area contributed by atoms with Crippen LogP contribution in [0.1, 0.15) is 21.5 Å². The van der Waals surface area contributed by atoms with Gasteiger partial charge in [0.1, 0.15) is 12.4 Å². The minimum Gasteiger partial charge on any atom is -0.348 e. The van der Waals surface area contributed by atoms with E-state index in [9.17, 15) is 18.8 Å². The highest BCUT2D eigenvalue weighted by Gasteiger charge is 2.09. The second kappa shape index (κ2) is 8.97. The molecule has 0 aliphatic heterocycles. The zero-order valence-electron chi connectivity index (χ0n) is 15.8. The number of amides is 2. The first-order valence-corrected chi connectivity index (χ1v) is 9.01. The Morgan fingerprint density at radius 1 is 1.03 bits per heavy atom. The largest absolute Gasteiger partial charge is 0.348 e. The van der Waals surface area contributed by atoms with Crippen LogP contribution in [0.25, 0.3) is 0 Å². The summed E-state index contributed by atoms with van der Waals surface area (Å²) in [4.78, 5) is 36.2. The van der Waals surface area contributed by atoms with Crippen LogP contribution in [-0.2, 0) is 17.9 Å². The lowest BCUT2D eigenvalue weighted by molar-refractivity contribution is -0.116. The summed E-state index contributed by atoms with van der Waals surface area (Å²) in [5.41, 5.74) is 1.86. The minimum atomic E-state index is -0.376. The van der Waals surface area contributed by atoms with Crippen LogP contribution < -0.4 is 16.2 Å². The molecule has 0 fully saturated rings. The molecule has 0 unspecified atom stereocenters. The summed E-state index contributed by atoms with van der Waals surface area (Å²) in [5.74, 6) is -1.08. The van der Waals surface area contributed by atoms with Crippen molar-refractivity contribution in [1.29, 1.82) is 0 Å². The van der Waals surface area contributed by atoms with Crippen molar-refractivity contribution in [3.8, 4) is 0 Å². The van der Waals surface area contributed by atoms with Crippen molar-refractivity contribution in [2.45, 2.75) is 20.0 Å². The van der Waals surface area contributed by atoms with Crippen molar-refractivity contribution in [3.63, 3.8) is 0 Å². The Morgan fingerprint density at radius 2 is 1.76 bits per heavy atom. The summed E-state index contributed by atoms with van der Waals surface area (Å²) in [5, 5.41) is 5.34. The molecule has 0 bridgehead atoms. The third-order valence-electron chi connectivity index (χ3n) is 4.29. The number of benzene rings is 2. The second-order valence-electron chi connectivity index (χ2n) is 6.57. The Balaban J connectivity index is 1.56. The summed E-state index contributed by atoms with van der Waals surface area (Å²) in [6.07, 6.45) is 1.57. The lowest BCUT2D eigenvalue weighted by Crippen LogP contribution is -2.27. The molecule has 0 aliphatic rings. The van der Waals surface area contributed by atoms with Crippen molar-refractivity contribution in [3.05, 3.63) is 99.7 Å². The fourth-order valence-electron chi connectivity index (χ4n) is 2.72. The van der Waals surface area contributed by atoms with Gasteiger partial charge in [-0.2, -0.15) is 0 Å². The van der Waals surface area contributed by atoms with Gasteiger partial charge in [-0.1, -0.05) is 18.2 Å². The number of carbonyl (C=O) groups is 2. The predicted molar refractivity (Wildman–Crippen MR) is 108 cm³/mol. The van der Waals surface area contributed by atoms with E-state index in [4.69, 9.17) is 0 Å². The van der Waals surface area contributed by atoms with Gasteiger partial charge in [0, 0.05) is 35.6 Å². The minimum absolute atomic E-state index is 0.0787. The fourth-order valence-corrected chi connectivity index (χ4v) is 2.72. The van der Waals surface area contributed by atoms with Crippen LogP contribution in [0, 0.1) is 12.7 Å². The number of hydrogen-bond acceptors (Lipinski definition) is 3. The van der Waals surface area contributed by atoms with E-state index in [-0.39, 0.29) is 36.3 Å². The summed E-state index contributed by atoms with van der Waals surface area (Å²) >= 11 is 0. The molecule has 1 heterocycles. The SMILES string of the molecule is Cc1ccn(CC(=O)Nc2ccc(C(=O)NCc3ccccc3F)cc2)c(=O)c1. The first-order valence-electron chi connectivity index (χ1n) is 9.01. The number of anilines is 1. The molecule has 6 nitrogen and oxygen atoms in total. The molecule has 1 aromatic heterocycles. The maximum absolute atomic E-state index is 13.6. The Kier molecular flexibility index (Phi) is 6.19. The molecule has 0 saturated heterocycles. The summed E-state index contributed by atoms with van der Waals surface area (Å²) < 4.78 is 14.9. The number of hydrogen-bond donors (Lipinski definition) is 2. The third-order valence-corrected chi connectivity index (χ3v) is 4.29. The van der Waals surface area contributed by atoms with Crippen LogP contribution in [0.2, 0.25) is 0 Å². The highest BCUT2D eigenvalue weighted by Crippen LogP contribution is 2.11. The van der Waals surface area contributed by atoms with E-state index in [0.717, 1.165) is 5.56 Å². The van der Waals surface area contributed by atoms with Crippen LogP contribution in [0.5, 0.6) is 0 Å². The van der Waals surface area contributed by atoms with Gasteiger partial charge in [0.25, 0.3) is 11.5 Å². The fraction of sp³-hybridized carbons (Fsp3) is 0.136. The van der Waals surface area contributed by atoms with Crippen LogP contribution in [-0.4, -0.2) is 16.4 Å². The van der Waals surface area contributed by atoms with Gasteiger partial charge in [-0.05, 0) is 48.9 Å². The lowest BCUT2D eigenvalue weighted by Gasteiger charge is -2.09. The van der Waals surface area contributed by atoms with Crippen LogP contribution in [0.3, 0.4) is 0 Å². The van der Waals surface area contributed by atoms with Gasteiger partial charge in [-0.3, -0.25) is 14.4 Å². The summed E-state index contributed by atoms with van der Waals surface area (Å²) in [6, 6.07) is 15.7. The molecule has 0 spiro atoms. The quantitative estimate of drug-likeness (QED) is 0.676. The molecule has 2 aromatic carbocycles. The van der Waals surface area contributed by atoms with Crippen LogP contribution >= 0.6 is 0 Å². The standard InChI is InChI=1S/C22H20FN3O3/c1-15-10-11-26(21(28)12-15)14-20(27)25-18-8-6-16(7-9-18)22(29)24-13-17-4-2-3-5-19(17)23/h2-12H,13-14H2,1H3,(H,24,29)(H,25,27). The van der Waals surface area contributed by atoms with Gasteiger partial charge in [-0.25, -0.2) is 4.39 Å². The second-order valence-corrected chi connectivity index (χ2v) is 6.57. The summed E-state index contributed by atoms with van der Waals surface area (Å²) in [7, 11) is 0. The van der Waals surface area contributed by atoms with E-state index < -0.39 is 0 Å². The molecule has 29 heavy (non-hydrogen) atoms. The van der Waals surface area contributed by atoms with Crippen molar-refractivity contribution in [2.24, 2.45) is 0 Å². The molecule has 7 heteroatoms. The van der Waals surface area contributed by atoms with Gasteiger partial charge in [-0.15, -0.1) is 0 Å². The van der Waals surface area contributed by atoms with E-state index >= 15 is 0 Å². The zero-order chi connectivity index (χ0) is 20.8. The number of rotatable bonds is 6. The number of nitrogens with zero attached hydrogens (tertiary/aromatic N) is 1. The molecular formula is C22H20FN3O3. The first kappa shape index (κ1) is 20.0. The molecule has 0 saturated carbocycles. The molecule has 0 radical (unpaired) electrons. The number of carbonyl (C=O) groups excluding carboxylic acids is 2. The molecule has 2 N–H and O–H groups in total. The normalized spacial score (nSPS) is 10.4. The van der Waals surface area contributed by atoms with E-state index in [0.29, 0.717) is 16.8 Å². The molecule has 2 amide bonds. The highest BCUT2D eigenvalue weighted by molar-refractivity contribution is 5.95. The summed E-state index contributed by atoms with van der Waals surface area (Å²) in [6.45, 7) is 1.78. The van der Waals surface area contributed by atoms with Gasteiger partial charge in [0.2, 0.25) is 5.91 Å². The van der Waals surface area contributed by atoms with Crippen molar-refractivity contribution in [2.75, 3.05) is 5.32 Å². The van der Waals surface area contributed by atoms with Gasteiger partial charge < -0.3 is 15.2 Å². The van der Waals surface area contributed by atoms with E-state index in [1.807, 2.05) is 0 Å². The molecule has 0 atom stereocenters. The van der Waals surface area contributed by atoms with E-state index in [1.165, 1.54) is 16.7 Å². The van der Waals surface area contributed by atoms with E-state index in [2.05, 4.69) is 10.6 Å². The topological polar surface area (TPSA) is 80.2 Å². The predicted octanol–water partition coefficient (Wildman–Crippen LogP) is 2.86. The number of aromatic nitrogens is 1. The Morgan fingerprint density at radius 3 is 2.45 bits per heavy atom. The zero-order valence-corrected chi connectivity index (χ0v) is 15.8. The lowest BCUT2D eigenvalue weighted by atomic mass is 10.1. The van der Waals surface area contributed by atoms with E-state index in [1.54, 1.807) is 61.7 Å². The molecule has 148 valence electrons. The monoisotopic (exact) mass is 393 g/mol. The maximum atomic E-state index is 13.6. The molecular weight excluding hydrogens is 373 g/mol. The number of halogens is 1. The van der Waals surface area contributed by atoms with Crippen molar-refractivity contribution < 1.29 is 14.0 Å². The van der Waals surface area contributed by atoms with Crippen molar-refractivity contribution >= 4 is 17.5 Å². The number of pyridine rings is 1. The molecule has 0 aliphatic carbocycles. The average molecular weight is 393 g/mol. The first-order chi connectivity index (χ1) is 13.9. The Hall–Kier alpha value is -3.74. The average Bonchev–Trinajstić information content (AvgIpc) is 2.70. The van der Waals surface area contributed by atoms with Crippen molar-refractivity contribution in [1.82, 2.24) is 9.88 Å². The third kappa shape index (κ3) is 5.38. The maximum Gasteiger partial charge on any atom is 0.251 e. The van der Waals surface area contributed by atoms with Crippen LogP contribution in [0.4, 0.5) is 10.1 Å². The number of nitrogens with one attached hydrogen (secondary N) is 2. The molecule has 3 rings (SSSR count). The smallest absolute Gasteiger partial charge is 0.251 e. The van der Waals surface area contributed by atoms with Gasteiger partial charge in [0.05, 0.1) is 0 Å².